The molecule has 144 valence electrons. The van der Waals surface area contributed by atoms with Crippen molar-refractivity contribution in [3.8, 4) is 11.6 Å². The molecule has 8 nitrogen and oxygen atoms in total. The van der Waals surface area contributed by atoms with Gasteiger partial charge in [-0.25, -0.2) is 15.0 Å². The van der Waals surface area contributed by atoms with Crippen molar-refractivity contribution in [3.05, 3.63) is 55.4 Å². The Morgan fingerprint density at radius 3 is 2.79 bits per heavy atom. The molecule has 0 aliphatic carbocycles. The molecule has 0 atom stereocenters. The molecule has 1 N–H and O–H groups in total. The number of hydrogen-bond acceptors (Lipinski definition) is 6. The number of amides is 1. The molecule has 1 amide bonds. The highest BCUT2D eigenvalue weighted by Gasteiger charge is 2.33. The Hall–Kier alpha value is -3.56. The van der Waals surface area contributed by atoms with E-state index in [1.165, 1.54) is 18.5 Å². The smallest absolute Gasteiger partial charge is 0.387 e. The summed E-state index contributed by atoms with van der Waals surface area (Å²) < 4.78 is 30.7. The number of anilines is 2. The predicted octanol–water partition coefficient (Wildman–Crippen LogP) is 2.34. The summed E-state index contributed by atoms with van der Waals surface area (Å²) in [5.41, 5.74) is 0.408. The molecule has 1 aliphatic rings. The van der Waals surface area contributed by atoms with Crippen molar-refractivity contribution in [2.75, 3.05) is 23.3 Å². The number of imidazole rings is 1. The zero-order valence-corrected chi connectivity index (χ0v) is 14.6. The van der Waals surface area contributed by atoms with E-state index < -0.39 is 6.61 Å². The molecule has 4 rings (SSSR count). The first-order valence-corrected chi connectivity index (χ1v) is 8.49. The van der Waals surface area contributed by atoms with Crippen molar-refractivity contribution in [2.45, 2.75) is 6.61 Å². The van der Waals surface area contributed by atoms with Crippen molar-refractivity contribution in [3.63, 3.8) is 0 Å². The molecule has 0 spiro atoms. The average molecular weight is 386 g/mol. The zero-order valence-electron chi connectivity index (χ0n) is 14.6. The number of halogens is 2. The van der Waals surface area contributed by atoms with Gasteiger partial charge in [0, 0.05) is 43.3 Å². The number of rotatable bonds is 6. The Bertz CT molecular complexity index is 960. The van der Waals surface area contributed by atoms with Gasteiger partial charge in [0.2, 0.25) is 5.91 Å². The Morgan fingerprint density at radius 1 is 1.21 bits per heavy atom. The SMILES string of the molecule is O=C(Nc1cccc(OC(F)F)c1)C1CN(c2cc(-n3ccnc3)ncn2)C1. The van der Waals surface area contributed by atoms with Gasteiger partial charge in [-0.1, -0.05) is 6.07 Å². The summed E-state index contributed by atoms with van der Waals surface area (Å²) in [6.07, 6.45) is 6.55. The first-order chi connectivity index (χ1) is 13.6. The van der Waals surface area contributed by atoms with E-state index in [9.17, 15) is 13.6 Å². The van der Waals surface area contributed by atoms with Gasteiger partial charge in [-0.3, -0.25) is 9.36 Å². The maximum absolute atomic E-state index is 12.4. The van der Waals surface area contributed by atoms with E-state index in [1.807, 2.05) is 11.0 Å². The second kappa shape index (κ2) is 7.59. The van der Waals surface area contributed by atoms with Crippen molar-refractivity contribution >= 4 is 17.4 Å². The highest BCUT2D eigenvalue weighted by Crippen LogP contribution is 2.26. The molecule has 3 aromatic rings. The number of alkyl halides is 2. The number of nitrogens with zero attached hydrogens (tertiary/aromatic N) is 5. The molecule has 0 radical (unpaired) electrons. The highest BCUT2D eigenvalue weighted by atomic mass is 19.3. The maximum Gasteiger partial charge on any atom is 0.387 e. The van der Waals surface area contributed by atoms with Crippen LogP contribution in [-0.2, 0) is 4.79 Å². The topological polar surface area (TPSA) is 85.2 Å². The van der Waals surface area contributed by atoms with Gasteiger partial charge in [0.05, 0.1) is 5.92 Å². The Labute approximate surface area is 158 Å². The molecule has 1 aromatic carbocycles. The molecule has 10 heteroatoms. The molecule has 28 heavy (non-hydrogen) atoms. The summed E-state index contributed by atoms with van der Waals surface area (Å²) in [4.78, 5) is 26.8. The van der Waals surface area contributed by atoms with E-state index in [1.54, 1.807) is 35.4 Å². The van der Waals surface area contributed by atoms with Crippen LogP contribution < -0.4 is 15.0 Å². The van der Waals surface area contributed by atoms with Crippen LogP contribution in [-0.4, -0.2) is 45.1 Å². The number of benzene rings is 1. The first kappa shape index (κ1) is 17.8. The van der Waals surface area contributed by atoms with Crippen molar-refractivity contribution < 1.29 is 18.3 Å². The number of carbonyl (C=O) groups is 1. The van der Waals surface area contributed by atoms with Gasteiger partial charge in [0.25, 0.3) is 0 Å². The maximum atomic E-state index is 12.4. The Kier molecular flexibility index (Phi) is 4.83. The lowest BCUT2D eigenvalue weighted by Crippen LogP contribution is -2.52. The molecule has 0 bridgehead atoms. The summed E-state index contributed by atoms with van der Waals surface area (Å²) in [6, 6.07) is 7.75. The number of ether oxygens (including phenoxy) is 1. The molecule has 1 aliphatic heterocycles. The van der Waals surface area contributed by atoms with Gasteiger partial charge in [0.15, 0.2) is 0 Å². The molecule has 0 unspecified atom stereocenters. The largest absolute Gasteiger partial charge is 0.435 e. The number of aromatic nitrogens is 4. The van der Waals surface area contributed by atoms with Gasteiger partial charge in [0.1, 0.15) is 30.0 Å². The van der Waals surface area contributed by atoms with Gasteiger partial charge < -0.3 is 15.0 Å². The Balaban J connectivity index is 1.35. The van der Waals surface area contributed by atoms with Gasteiger partial charge in [-0.05, 0) is 12.1 Å². The zero-order chi connectivity index (χ0) is 19.5. The Morgan fingerprint density at radius 2 is 2.04 bits per heavy atom. The fraction of sp³-hybridized carbons (Fsp3) is 0.222. The molecule has 0 saturated carbocycles. The van der Waals surface area contributed by atoms with Crippen LogP contribution in [0.2, 0.25) is 0 Å². The van der Waals surface area contributed by atoms with Crippen LogP contribution in [0.1, 0.15) is 0 Å². The normalized spacial score (nSPS) is 14.0. The fourth-order valence-electron chi connectivity index (χ4n) is 2.87. The fourth-order valence-corrected chi connectivity index (χ4v) is 2.87. The van der Waals surface area contributed by atoms with Crippen molar-refractivity contribution in [1.82, 2.24) is 19.5 Å². The number of nitrogens with one attached hydrogen (secondary N) is 1. The van der Waals surface area contributed by atoms with Crippen LogP contribution in [0.3, 0.4) is 0 Å². The average Bonchev–Trinajstić information content (AvgIpc) is 3.15. The van der Waals surface area contributed by atoms with Crippen molar-refractivity contribution in [2.24, 2.45) is 5.92 Å². The standard InChI is InChI=1S/C18H16F2N6O2/c19-18(20)28-14-3-1-2-13(6-14)24-17(27)12-8-26(9-12)16-7-15(22-10-23-16)25-5-4-21-11-25/h1-7,10-12,18H,8-9H2,(H,24,27). The van der Waals surface area contributed by atoms with Crippen LogP contribution in [0.5, 0.6) is 5.75 Å². The summed E-state index contributed by atoms with van der Waals surface area (Å²) in [6.45, 7) is -1.91. The van der Waals surface area contributed by atoms with Crippen molar-refractivity contribution in [1.29, 1.82) is 0 Å². The summed E-state index contributed by atoms with van der Waals surface area (Å²) in [5.74, 6) is 0.984. The van der Waals surface area contributed by atoms with E-state index in [-0.39, 0.29) is 17.6 Å². The monoisotopic (exact) mass is 386 g/mol. The lowest BCUT2D eigenvalue weighted by Gasteiger charge is -2.39. The van der Waals surface area contributed by atoms with Crippen LogP contribution in [0.15, 0.2) is 55.4 Å². The minimum Gasteiger partial charge on any atom is -0.435 e. The van der Waals surface area contributed by atoms with Crippen LogP contribution in [0.25, 0.3) is 5.82 Å². The minimum atomic E-state index is -2.91. The lowest BCUT2D eigenvalue weighted by atomic mass is 9.99. The number of carbonyl (C=O) groups excluding carboxylic acids is 1. The van der Waals surface area contributed by atoms with E-state index in [0.29, 0.717) is 24.6 Å². The molecular weight excluding hydrogens is 370 g/mol. The second-order valence-electron chi connectivity index (χ2n) is 6.20. The molecule has 1 saturated heterocycles. The summed E-state index contributed by atoms with van der Waals surface area (Å²) in [7, 11) is 0. The van der Waals surface area contributed by atoms with Gasteiger partial charge >= 0.3 is 6.61 Å². The van der Waals surface area contributed by atoms with Gasteiger partial charge in [-0.2, -0.15) is 8.78 Å². The van der Waals surface area contributed by atoms with Gasteiger partial charge in [-0.15, -0.1) is 0 Å². The predicted molar refractivity (Wildman–Crippen MR) is 96.6 cm³/mol. The third kappa shape index (κ3) is 3.90. The molecule has 3 heterocycles. The summed E-state index contributed by atoms with van der Waals surface area (Å²) >= 11 is 0. The lowest BCUT2D eigenvalue weighted by molar-refractivity contribution is -0.120. The van der Waals surface area contributed by atoms with E-state index in [2.05, 4.69) is 25.0 Å². The third-order valence-corrected chi connectivity index (χ3v) is 4.31. The molecular formula is C18H16F2N6O2. The van der Waals surface area contributed by atoms with E-state index >= 15 is 0 Å². The molecule has 1 fully saturated rings. The number of hydrogen-bond donors (Lipinski definition) is 1. The van der Waals surface area contributed by atoms with E-state index in [4.69, 9.17) is 0 Å². The van der Waals surface area contributed by atoms with Crippen LogP contribution >= 0.6 is 0 Å². The van der Waals surface area contributed by atoms with Crippen LogP contribution in [0, 0.1) is 5.92 Å². The summed E-state index contributed by atoms with van der Waals surface area (Å²) in [5, 5.41) is 2.73. The van der Waals surface area contributed by atoms with Crippen LogP contribution in [0.4, 0.5) is 20.3 Å². The van der Waals surface area contributed by atoms with E-state index in [0.717, 1.165) is 5.82 Å². The highest BCUT2D eigenvalue weighted by molar-refractivity contribution is 5.94. The quantitative estimate of drug-likeness (QED) is 0.700. The molecule has 2 aromatic heterocycles. The third-order valence-electron chi connectivity index (χ3n) is 4.31. The second-order valence-corrected chi connectivity index (χ2v) is 6.20. The first-order valence-electron chi connectivity index (χ1n) is 8.49. The minimum absolute atomic E-state index is 0.00365.